The lowest BCUT2D eigenvalue weighted by Crippen LogP contribution is -2.41. The molecule has 0 saturated carbocycles. The van der Waals surface area contributed by atoms with Gasteiger partial charge in [-0.2, -0.15) is 4.57 Å². The SMILES string of the molecule is CC(C(=O)c1ccc2ccccc2c1)[n+]1cccc(Br)c1.[Br]. The van der Waals surface area contributed by atoms with Gasteiger partial charge in [0.15, 0.2) is 12.4 Å². The van der Waals surface area contributed by atoms with Crippen molar-refractivity contribution in [1.29, 1.82) is 0 Å². The van der Waals surface area contributed by atoms with E-state index in [0.717, 1.165) is 20.8 Å². The normalized spacial score (nSPS) is 11.7. The predicted molar refractivity (Wildman–Crippen MR) is 96.3 cm³/mol. The van der Waals surface area contributed by atoms with Crippen LogP contribution in [0.1, 0.15) is 23.3 Å². The molecule has 0 aliphatic heterocycles. The molecule has 0 saturated heterocycles. The Bertz CT molecular complexity index is 817. The van der Waals surface area contributed by atoms with Gasteiger partial charge in [-0.15, -0.1) is 0 Å². The number of benzene rings is 2. The fraction of sp³-hybridized carbons (Fsp3) is 0.111. The second-order valence-corrected chi connectivity index (χ2v) is 5.99. The molecule has 0 fully saturated rings. The summed E-state index contributed by atoms with van der Waals surface area (Å²) < 4.78 is 2.88. The number of Topliss-reactive ketones (excluding diaryl/α,β-unsaturated/α-hetero) is 1. The van der Waals surface area contributed by atoms with Crippen LogP contribution in [0.15, 0.2) is 71.5 Å². The summed E-state index contributed by atoms with van der Waals surface area (Å²) in [6.45, 7) is 1.92. The number of pyridine rings is 1. The summed E-state index contributed by atoms with van der Waals surface area (Å²) in [6.07, 6.45) is 3.83. The van der Waals surface area contributed by atoms with Crippen LogP contribution < -0.4 is 4.57 Å². The zero-order valence-corrected chi connectivity index (χ0v) is 15.2. The van der Waals surface area contributed by atoms with E-state index in [2.05, 4.69) is 22.0 Å². The van der Waals surface area contributed by atoms with E-state index in [4.69, 9.17) is 0 Å². The molecule has 0 amide bonds. The Morgan fingerprint density at radius 2 is 1.77 bits per heavy atom. The van der Waals surface area contributed by atoms with E-state index < -0.39 is 0 Å². The van der Waals surface area contributed by atoms with E-state index in [1.807, 2.05) is 72.4 Å². The first kappa shape index (κ1) is 16.8. The van der Waals surface area contributed by atoms with Crippen molar-refractivity contribution >= 4 is 49.5 Å². The van der Waals surface area contributed by atoms with Gasteiger partial charge >= 0.3 is 0 Å². The minimum atomic E-state index is -0.233. The van der Waals surface area contributed by atoms with Crippen molar-refractivity contribution in [2.24, 2.45) is 0 Å². The number of fused-ring (bicyclic) bond motifs is 1. The Labute approximate surface area is 148 Å². The second-order valence-electron chi connectivity index (χ2n) is 5.07. The maximum Gasteiger partial charge on any atom is 0.230 e. The number of rotatable bonds is 3. The van der Waals surface area contributed by atoms with Gasteiger partial charge in [-0.05, 0) is 38.8 Å². The Balaban J connectivity index is 0.00000176. The molecule has 3 rings (SSSR count). The maximum atomic E-state index is 12.7. The monoisotopic (exact) mass is 419 g/mol. The van der Waals surface area contributed by atoms with Gasteiger partial charge in [0.05, 0.1) is 4.47 Å². The van der Waals surface area contributed by atoms with Gasteiger partial charge in [0.2, 0.25) is 11.8 Å². The highest BCUT2D eigenvalue weighted by Crippen LogP contribution is 2.18. The molecule has 1 atom stereocenters. The Kier molecular flexibility index (Phi) is 5.48. The van der Waals surface area contributed by atoms with Crippen molar-refractivity contribution in [3.05, 3.63) is 77.0 Å². The predicted octanol–water partition coefficient (Wildman–Crippen LogP) is 5.18. The van der Waals surface area contributed by atoms with Gasteiger partial charge in [-0.1, -0.05) is 36.4 Å². The van der Waals surface area contributed by atoms with Crippen LogP contribution in [-0.4, -0.2) is 5.78 Å². The Morgan fingerprint density at radius 3 is 2.50 bits per heavy atom. The fourth-order valence-electron chi connectivity index (χ4n) is 2.42. The van der Waals surface area contributed by atoms with E-state index in [9.17, 15) is 4.79 Å². The van der Waals surface area contributed by atoms with Crippen LogP contribution >= 0.6 is 32.9 Å². The van der Waals surface area contributed by atoms with Gasteiger partial charge in [0.1, 0.15) is 0 Å². The van der Waals surface area contributed by atoms with Crippen molar-refractivity contribution in [2.75, 3.05) is 0 Å². The topological polar surface area (TPSA) is 20.9 Å². The van der Waals surface area contributed by atoms with Crippen molar-refractivity contribution in [2.45, 2.75) is 13.0 Å². The molecule has 1 aromatic heterocycles. The number of hydrogen-bond acceptors (Lipinski definition) is 1. The van der Waals surface area contributed by atoms with Crippen LogP contribution in [0.25, 0.3) is 10.8 Å². The molecular formula is C18H15Br2NO+. The number of aromatic nitrogens is 1. The van der Waals surface area contributed by atoms with Crippen LogP contribution in [0.2, 0.25) is 0 Å². The third kappa shape index (κ3) is 3.45. The highest BCUT2D eigenvalue weighted by molar-refractivity contribution is 9.10. The minimum absolute atomic E-state index is 0. The summed E-state index contributed by atoms with van der Waals surface area (Å²) in [5, 5.41) is 2.24. The first-order valence-electron chi connectivity index (χ1n) is 6.84. The molecule has 3 aromatic rings. The quantitative estimate of drug-likeness (QED) is 0.422. The number of carbonyl (C=O) groups is 1. The molecule has 4 heteroatoms. The van der Waals surface area contributed by atoms with Crippen LogP contribution in [0, 0.1) is 0 Å². The van der Waals surface area contributed by atoms with Gasteiger partial charge in [0.25, 0.3) is 0 Å². The van der Waals surface area contributed by atoms with Crippen LogP contribution in [0.5, 0.6) is 0 Å². The van der Waals surface area contributed by atoms with Crippen LogP contribution in [0.4, 0.5) is 0 Å². The maximum absolute atomic E-state index is 12.7. The third-order valence-corrected chi connectivity index (χ3v) is 4.12. The van der Waals surface area contributed by atoms with Gasteiger partial charge < -0.3 is 0 Å². The standard InChI is InChI=1S/C18H15BrNO.Br/c1-13(20-10-4-7-17(19)12-20)18(21)16-9-8-14-5-2-3-6-15(14)11-16;/h2-13H,1H3;/q+1;. The van der Waals surface area contributed by atoms with Crippen molar-refractivity contribution in [3.8, 4) is 0 Å². The molecule has 111 valence electrons. The molecule has 0 N–H and O–H groups in total. The molecule has 0 bridgehead atoms. The Morgan fingerprint density at radius 1 is 1.05 bits per heavy atom. The molecule has 1 unspecified atom stereocenters. The molecule has 2 nitrogen and oxygen atoms in total. The van der Waals surface area contributed by atoms with E-state index in [-0.39, 0.29) is 28.8 Å². The average Bonchev–Trinajstić information content (AvgIpc) is 2.53. The summed E-state index contributed by atoms with van der Waals surface area (Å²) >= 11 is 3.44. The first-order chi connectivity index (χ1) is 10.1. The lowest BCUT2D eigenvalue weighted by Gasteiger charge is -2.07. The van der Waals surface area contributed by atoms with Crippen molar-refractivity contribution in [3.63, 3.8) is 0 Å². The molecule has 1 heterocycles. The van der Waals surface area contributed by atoms with Crippen molar-refractivity contribution < 1.29 is 9.36 Å². The molecule has 0 spiro atoms. The van der Waals surface area contributed by atoms with E-state index in [1.54, 1.807) is 0 Å². The fourth-order valence-corrected chi connectivity index (χ4v) is 2.81. The van der Waals surface area contributed by atoms with Gasteiger partial charge in [-0.3, -0.25) is 4.79 Å². The highest BCUT2D eigenvalue weighted by Gasteiger charge is 2.23. The largest absolute Gasteiger partial charge is 0.287 e. The van der Waals surface area contributed by atoms with E-state index >= 15 is 0 Å². The summed E-state index contributed by atoms with van der Waals surface area (Å²) in [7, 11) is 0. The summed E-state index contributed by atoms with van der Waals surface area (Å²) in [4.78, 5) is 12.7. The van der Waals surface area contributed by atoms with Gasteiger partial charge in [-0.25, -0.2) is 0 Å². The lowest BCUT2D eigenvalue weighted by molar-refractivity contribution is -0.705. The molecule has 22 heavy (non-hydrogen) atoms. The zero-order valence-electron chi connectivity index (χ0n) is 12.0. The number of halogens is 2. The third-order valence-electron chi connectivity index (χ3n) is 3.65. The van der Waals surface area contributed by atoms with Crippen LogP contribution in [0.3, 0.4) is 0 Å². The summed E-state index contributed by atoms with van der Waals surface area (Å²) in [6, 6.07) is 17.6. The number of nitrogens with zero attached hydrogens (tertiary/aromatic N) is 1. The van der Waals surface area contributed by atoms with Crippen molar-refractivity contribution in [1.82, 2.24) is 0 Å². The number of hydrogen-bond donors (Lipinski definition) is 0. The summed E-state index contributed by atoms with van der Waals surface area (Å²) in [5.41, 5.74) is 0.744. The number of ketones is 1. The molecule has 0 aliphatic carbocycles. The lowest BCUT2D eigenvalue weighted by atomic mass is 10.0. The second kappa shape index (κ2) is 7.16. The minimum Gasteiger partial charge on any atom is -0.287 e. The first-order valence-corrected chi connectivity index (χ1v) is 7.64. The van der Waals surface area contributed by atoms with Crippen LogP contribution in [-0.2, 0) is 0 Å². The highest BCUT2D eigenvalue weighted by atomic mass is 79.9. The number of carbonyl (C=O) groups excluding carboxylic acids is 1. The average molecular weight is 421 g/mol. The molecule has 1 radical (unpaired) electrons. The smallest absolute Gasteiger partial charge is 0.230 e. The molecular weight excluding hydrogens is 406 g/mol. The molecule has 2 aromatic carbocycles. The summed E-state index contributed by atoms with van der Waals surface area (Å²) in [5.74, 6) is 0.115. The van der Waals surface area contributed by atoms with Gasteiger partial charge in [0, 0.05) is 35.5 Å². The van der Waals surface area contributed by atoms with E-state index in [1.165, 1.54) is 0 Å². The zero-order chi connectivity index (χ0) is 14.8. The van der Waals surface area contributed by atoms with E-state index in [0.29, 0.717) is 0 Å². The Hall–Kier alpha value is -1.52. The molecule has 0 aliphatic rings.